The van der Waals surface area contributed by atoms with Crippen molar-refractivity contribution in [3.8, 4) is 0 Å². The maximum atomic E-state index is 13.0. The van der Waals surface area contributed by atoms with Gasteiger partial charge >= 0.3 is 39.5 Å². The highest BCUT2D eigenvalue weighted by Crippen LogP contribution is 2.45. The number of aliphatic hydroxyl groups excluding tert-OH is 1. The van der Waals surface area contributed by atoms with Crippen molar-refractivity contribution in [3.05, 3.63) is 48.6 Å². The Labute approximate surface area is 566 Å². The molecule has 0 spiro atoms. The largest absolute Gasteiger partial charge is 0.472 e. The molecule has 0 aliphatic rings. The first-order chi connectivity index (χ1) is 45.2. The first kappa shape index (κ1) is 90.0. The van der Waals surface area contributed by atoms with E-state index in [1.54, 1.807) is 0 Å². The van der Waals surface area contributed by atoms with Crippen LogP contribution < -0.4 is 0 Å². The molecule has 0 aromatic heterocycles. The average molecular weight is 1360 g/mol. The fourth-order valence-corrected chi connectivity index (χ4v) is 11.9. The maximum absolute atomic E-state index is 13.0. The Kier molecular flexibility index (Phi) is 65.4. The molecular weight excluding hydrogens is 1220 g/mol. The summed E-state index contributed by atoms with van der Waals surface area (Å²) in [6, 6.07) is 0. The van der Waals surface area contributed by atoms with Crippen molar-refractivity contribution in [2.24, 2.45) is 0 Å². The number of carbonyl (C=O) groups is 4. The molecule has 3 N–H and O–H groups in total. The van der Waals surface area contributed by atoms with Crippen LogP contribution in [0.1, 0.15) is 342 Å². The number of esters is 4. The molecule has 2 unspecified atom stereocenters. The van der Waals surface area contributed by atoms with Crippen LogP contribution in [-0.2, 0) is 65.4 Å². The van der Waals surface area contributed by atoms with Crippen LogP contribution in [0.2, 0.25) is 0 Å². The highest BCUT2D eigenvalue weighted by Gasteiger charge is 2.30. The van der Waals surface area contributed by atoms with Gasteiger partial charge in [-0.25, -0.2) is 9.13 Å². The molecule has 0 bridgehead atoms. The molecule has 0 heterocycles. The Balaban J connectivity index is 5.29. The summed E-state index contributed by atoms with van der Waals surface area (Å²) < 4.78 is 68.3. The standard InChI is InChI=1S/C74H136O17P2/c1-5-9-13-17-21-25-28-31-34-37-40-43-47-51-55-59-72(77)85-65-70(91-74(79)61-57-53-49-45-42-39-36-33-30-27-23-19-15-11-7-3)67-89-93(82,83)87-63-68(75)62-86-92(80,81)88-66-69(64-84-71(76)58-54-50-46-24-20-16-12-8-4)90-73(78)60-56-52-48-44-41-38-35-32-29-26-22-18-14-10-6-2/h25,27-28,30-31,33-34,36,68-70,75H,5-24,26,29,32,35,37-67H2,1-4H3,(H,80,81)(H,82,83)/b28-25-,30-27-,34-31-,36-33-/t68-,69+,70+/m0/s1. The summed E-state index contributed by atoms with van der Waals surface area (Å²) in [5.74, 6) is -2.18. The van der Waals surface area contributed by atoms with Gasteiger partial charge < -0.3 is 33.8 Å². The molecule has 0 aliphatic heterocycles. The molecule has 5 atom stereocenters. The molecule has 0 radical (unpaired) electrons. The topological polar surface area (TPSA) is 237 Å². The number of aliphatic hydroxyl groups is 1. The number of ether oxygens (including phenoxy) is 4. The number of phosphoric ester groups is 2. The zero-order valence-electron chi connectivity index (χ0n) is 59.2. The fraction of sp³-hybridized carbons (Fsp3) is 0.838. The van der Waals surface area contributed by atoms with Crippen molar-refractivity contribution in [1.82, 2.24) is 0 Å². The van der Waals surface area contributed by atoms with E-state index in [9.17, 15) is 43.2 Å². The van der Waals surface area contributed by atoms with Crippen LogP contribution >= 0.6 is 15.6 Å². The van der Waals surface area contributed by atoms with Gasteiger partial charge in [0.05, 0.1) is 26.4 Å². The van der Waals surface area contributed by atoms with E-state index < -0.39 is 97.5 Å². The van der Waals surface area contributed by atoms with Gasteiger partial charge in [0.1, 0.15) is 19.3 Å². The highest BCUT2D eigenvalue weighted by molar-refractivity contribution is 7.47. The second-order valence-corrected chi connectivity index (χ2v) is 28.2. The lowest BCUT2D eigenvalue weighted by molar-refractivity contribution is -0.161. The molecule has 17 nitrogen and oxygen atoms in total. The molecule has 0 aliphatic carbocycles. The van der Waals surface area contributed by atoms with Crippen LogP contribution in [0.4, 0.5) is 0 Å². The van der Waals surface area contributed by atoms with Crippen molar-refractivity contribution >= 4 is 39.5 Å². The number of carbonyl (C=O) groups excluding carboxylic acids is 4. The number of hydrogen-bond donors (Lipinski definition) is 3. The predicted octanol–water partition coefficient (Wildman–Crippen LogP) is 20.9. The van der Waals surface area contributed by atoms with Crippen molar-refractivity contribution in [1.29, 1.82) is 0 Å². The Morgan fingerprint density at radius 2 is 0.516 bits per heavy atom. The summed E-state index contributed by atoms with van der Waals surface area (Å²) in [5.41, 5.74) is 0. The minimum Gasteiger partial charge on any atom is -0.462 e. The summed E-state index contributed by atoms with van der Waals surface area (Å²) >= 11 is 0. The zero-order chi connectivity index (χ0) is 68.2. The Hall–Kier alpha value is -2.98. The zero-order valence-corrected chi connectivity index (χ0v) is 61.0. The lowest BCUT2D eigenvalue weighted by atomic mass is 10.0. The summed E-state index contributed by atoms with van der Waals surface area (Å²) in [7, 11) is -9.93. The fourth-order valence-electron chi connectivity index (χ4n) is 10.3. The second kappa shape index (κ2) is 67.6. The van der Waals surface area contributed by atoms with Crippen molar-refractivity contribution in [2.75, 3.05) is 39.6 Å². The van der Waals surface area contributed by atoms with Crippen molar-refractivity contribution < 1.29 is 80.2 Å². The monoisotopic (exact) mass is 1360 g/mol. The van der Waals surface area contributed by atoms with Crippen LogP contribution in [0.15, 0.2) is 48.6 Å². The van der Waals surface area contributed by atoms with E-state index in [1.165, 1.54) is 135 Å². The van der Waals surface area contributed by atoms with Gasteiger partial charge in [0, 0.05) is 25.7 Å². The van der Waals surface area contributed by atoms with E-state index >= 15 is 0 Å². The summed E-state index contributed by atoms with van der Waals surface area (Å²) in [5, 5.41) is 10.6. The van der Waals surface area contributed by atoms with Crippen LogP contribution in [0, 0.1) is 0 Å². The van der Waals surface area contributed by atoms with Gasteiger partial charge in [-0.1, -0.05) is 288 Å². The molecule has 0 rings (SSSR count). The van der Waals surface area contributed by atoms with Crippen molar-refractivity contribution in [2.45, 2.75) is 361 Å². The van der Waals surface area contributed by atoms with Crippen LogP contribution in [0.25, 0.3) is 0 Å². The average Bonchev–Trinajstić information content (AvgIpc) is 3.50. The van der Waals surface area contributed by atoms with Gasteiger partial charge in [0.2, 0.25) is 0 Å². The molecule has 0 saturated heterocycles. The van der Waals surface area contributed by atoms with Gasteiger partial charge in [-0.2, -0.15) is 0 Å². The lowest BCUT2D eigenvalue weighted by Gasteiger charge is -2.21. The minimum absolute atomic E-state index is 0.0785. The molecule has 19 heteroatoms. The van der Waals surface area contributed by atoms with Gasteiger partial charge in [0.15, 0.2) is 12.2 Å². The maximum Gasteiger partial charge on any atom is 0.472 e. The normalized spacial score (nSPS) is 14.3. The van der Waals surface area contributed by atoms with Crippen LogP contribution in [0.5, 0.6) is 0 Å². The van der Waals surface area contributed by atoms with Gasteiger partial charge in [-0.05, 0) is 77.0 Å². The van der Waals surface area contributed by atoms with Gasteiger partial charge in [-0.3, -0.25) is 37.3 Å². The van der Waals surface area contributed by atoms with E-state index in [0.717, 1.165) is 128 Å². The first-order valence-electron chi connectivity index (χ1n) is 37.4. The molecule has 0 saturated carbocycles. The Morgan fingerprint density at radius 3 is 0.785 bits per heavy atom. The Morgan fingerprint density at radius 1 is 0.301 bits per heavy atom. The second-order valence-electron chi connectivity index (χ2n) is 25.3. The van der Waals surface area contributed by atoms with E-state index in [4.69, 9.17) is 37.0 Å². The number of hydrogen-bond acceptors (Lipinski definition) is 15. The molecule has 0 aromatic rings. The lowest BCUT2D eigenvalue weighted by Crippen LogP contribution is -2.30. The van der Waals surface area contributed by atoms with Crippen LogP contribution in [-0.4, -0.2) is 96.7 Å². The molecule has 0 amide bonds. The summed E-state index contributed by atoms with van der Waals surface area (Å²) in [4.78, 5) is 72.6. The SMILES string of the molecule is CCCCCC/C=C\C=C/CCCCCCCC(=O)OC[C@H](COP(=O)(O)OC[C@@H](O)COP(=O)(O)OC[C@@H](COC(=O)CCCCCCCCCC)OC(=O)CCCCCCCCCCCCCCCCC)OC(=O)CCCCCCC/C=C\C=C/CCCCCC. The van der Waals surface area contributed by atoms with E-state index in [2.05, 4.69) is 76.3 Å². The number of unbranched alkanes of at least 4 members (excludes halogenated alkanes) is 39. The predicted molar refractivity (Wildman–Crippen MR) is 377 cm³/mol. The first-order valence-corrected chi connectivity index (χ1v) is 40.4. The number of rotatable bonds is 71. The third kappa shape index (κ3) is 67.4. The minimum atomic E-state index is -4.97. The molecular formula is C74H136O17P2. The third-order valence-corrected chi connectivity index (χ3v) is 18.0. The molecule has 544 valence electrons. The van der Waals surface area contributed by atoms with Crippen molar-refractivity contribution in [3.63, 3.8) is 0 Å². The van der Waals surface area contributed by atoms with E-state index in [-0.39, 0.29) is 25.7 Å². The Bertz CT molecular complexity index is 1960. The molecule has 93 heavy (non-hydrogen) atoms. The van der Waals surface area contributed by atoms with E-state index in [1.807, 2.05) is 0 Å². The van der Waals surface area contributed by atoms with Gasteiger partial charge in [0.25, 0.3) is 0 Å². The van der Waals surface area contributed by atoms with Crippen LogP contribution in [0.3, 0.4) is 0 Å². The number of allylic oxidation sites excluding steroid dienone is 8. The molecule has 0 fully saturated rings. The van der Waals surface area contributed by atoms with Gasteiger partial charge in [-0.15, -0.1) is 0 Å². The number of phosphoric acid groups is 2. The highest BCUT2D eigenvalue weighted by atomic mass is 31.2. The quantitative estimate of drug-likeness (QED) is 0.0169. The summed E-state index contributed by atoms with van der Waals surface area (Å²) in [6.45, 7) is 4.82. The van der Waals surface area contributed by atoms with E-state index in [0.29, 0.717) is 25.7 Å². The molecule has 0 aromatic carbocycles. The third-order valence-electron chi connectivity index (χ3n) is 16.1. The smallest absolute Gasteiger partial charge is 0.462 e. The summed E-state index contributed by atoms with van der Waals surface area (Å²) in [6.07, 6.45) is 62.6.